The van der Waals surface area contributed by atoms with Crippen LogP contribution >= 0.6 is 0 Å². The Kier molecular flexibility index (Phi) is 7.32. The summed E-state index contributed by atoms with van der Waals surface area (Å²) in [6, 6.07) is 12.8. The Labute approximate surface area is 169 Å². The normalized spacial score (nSPS) is 11.1. The second kappa shape index (κ2) is 9.69. The first-order valence-corrected chi connectivity index (χ1v) is 10.2. The van der Waals surface area contributed by atoms with E-state index in [0.29, 0.717) is 22.6 Å². The van der Waals surface area contributed by atoms with Gasteiger partial charge in [-0.25, -0.2) is 18.6 Å². The number of amides is 1. The molecule has 0 bridgehead atoms. The molecule has 0 saturated heterocycles. The molecule has 0 aliphatic heterocycles. The average Bonchev–Trinajstić information content (AvgIpc) is 2.71. The second-order valence-electron chi connectivity index (χ2n) is 5.91. The lowest BCUT2D eigenvalue weighted by Gasteiger charge is -2.16. The maximum Gasteiger partial charge on any atom is 0.343 e. The number of nitrogens with one attached hydrogen (secondary N) is 1. The number of anilines is 1. The number of benzene rings is 2. The summed E-state index contributed by atoms with van der Waals surface area (Å²) in [6.45, 7) is -0.182. The van der Waals surface area contributed by atoms with Gasteiger partial charge in [-0.2, -0.15) is 5.10 Å². The first kappa shape index (κ1) is 21.9. The van der Waals surface area contributed by atoms with Crippen LogP contribution in [-0.4, -0.2) is 53.5 Å². The highest BCUT2D eigenvalue weighted by atomic mass is 32.2. The minimum absolute atomic E-state index is 0.182. The molecule has 1 N–H and O–H groups in total. The number of carbonyl (C=O) groups is 2. The third-order valence-electron chi connectivity index (χ3n) is 3.83. The highest BCUT2D eigenvalue weighted by molar-refractivity contribution is 7.92. The molecule has 0 aliphatic rings. The standard InChI is InChI=1S/C19H21N3O6S/c1-22(29(3,25)26)16-8-6-15(7-9-16)19(24)21-20-12-14-4-10-17(11-5-14)28-13-18(23)27-2/h4-12H,13H2,1-3H3,(H,21,24)/b20-12-. The van der Waals surface area contributed by atoms with Crippen molar-refractivity contribution in [1.82, 2.24) is 5.43 Å². The van der Waals surface area contributed by atoms with E-state index in [1.807, 2.05) is 0 Å². The Morgan fingerprint density at radius 2 is 1.72 bits per heavy atom. The summed E-state index contributed by atoms with van der Waals surface area (Å²) in [6.07, 6.45) is 2.55. The molecule has 0 aliphatic carbocycles. The summed E-state index contributed by atoms with van der Waals surface area (Å²) in [5.74, 6) is -0.419. The number of carbonyl (C=O) groups excluding carboxylic acids is 2. The van der Waals surface area contributed by atoms with E-state index in [0.717, 1.165) is 10.6 Å². The van der Waals surface area contributed by atoms with E-state index in [4.69, 9.17) is 4.74 Å². The number of esters is 1. The van der Waals surface area contributed by atoms with E-state index in [2.05, 4.69) is 15.3 Å². The molecule has 9 nitrogen and oxygen atoms in total. The third kappa shape index (κ3) is 6.61. The lowest BCUT2D eigenvalue weighted by atomic mass is 10.2. The second-order valence-corrected chi connectivity index (χ2v) is 7.92. The number of ether oxygens (including phenoxy) is 2. The summed E-state index contributed by atoms with van der Waals surface area (Å²) in [5.41, 5.74) is 3.88. The molecule has 0 spiro atoms. The quantitative estimate of drug-likeness (QED) is 0.393. The Bertz CT molecular complexity index is 986. The average molecular weight is 419 g/mol. The molecule has 2 aromatic carbocycles. The summed E-state index contributed by atoms with van der Waals surface area (Å²) in [4.78, 5) is 23.2. The van der Waals surface area contributed by atoms with Crippen molar-refractivity contribution >= 4 is 33.8 Å². The zero-order valence-corrected chi connectivity index (χ0v) is 17.0. The van der Waals surface area contributed by atoms with Crippen LogP contribution in [0.2, 0.25) is 0 Å². The van der Waals surface area contributed by atoms with Crippen molar-refractivity contribution in [3.05, 3.63) is 59.7 Å². The smallest absolute Gasteiger partial charge is 0.343 e. The molecule has 0 saturated carbocycles. The minimum atomic E-state index is -3.37. The van der Waals surface area contributed by atoms with E-state index in [9.17, 15) is 18.0 Å². The number of methoxy groups -OCH3 is 1. The fourth-order valence-corrected chi connectivity index (χ4v) is 2.60. The number of sulfonamides is 1. The topological polar surface area (TPSA) is 114 Å². The highest BCUT2D eigenvalue weighted by Gasteiger charge is 2.12. The number of hydrogen-bond acceptors (Lipinski definition) is 7. The van der Waals surface area contributed by atoms with Crippen molar-refractivity contribution < 1.29 is 27.5 Å². The van der Waals surface area contributed by atoms with Gasteiger partial charge in [-0.1, -0.05) is 0 Å². The van der Waals surface area contributed by atoms with E-state index >= 15 is 0 Å². The maximum atomic E-state index is 12.1. The molecule has 0 unspecified atom stereocenters. The van der Waals surface area contributed by atoms with Gasteiger partial charge in [0.15, 0.2) is 6.61 Å². The van der Waals surface area contributed by atoms with Crippen LogP contribution in [0.25, 0.3) is 0 Å². The van der Waals surface area contributed by atoms with Gasteiger partial charge in [-0.05, 0) is 54.1 Å². The van der Waals surface area contributed by atoms with E-state index in [1.54, 1.807) is 24.3 Å². The van der Waals surface area contributed by atoms with Gasteiger partial charge in [0.1, 0.15) is 5.75 Å². The van der Waals surface area contributed by atoms with Crippen LogP contribution in [0, 0.1) is 0 Å². The monoisotopic (exact) mass is 419 g/mol. The summed E-state index contributed by atoms with van der Waals surface area (Å²) >= 11 is 0. The molecule has 2 rings (SSSR count). The Hall–Kier alpha value is -3.40. The van der Waals surface area contributed by atoms with Crippen LogP contribution in [0.15, 0.2) is 53.6 Å². The van der Waals surface area contributed by atoms with Crippen LogP contribution in [0.1, 0.15) is 15.9 Å². The Morgan fingerprint density at radius 1 is 1.10 bits per heavy atom. The maximum absolute atomic E-state index is 12.1. The zero-order valence-electron chi connectivity index (χ0n) is 16.2. The molecule has 29 heavy (non-hydrogen) atoms. The van der Waals surface area contributed by atoms with Crippen LogP contribution < -0.4 is 14.5 Å². The molecule has 0 aromatic heterocycles. The minimum Gasteiger partial charge on any atom is -0.482 e. The van der Waals surface area contributed by atoms with Gasteiger partial charge < -0.3 is 9.47 Å². The first-order valence-electron chi connectivity index (χ1n) is 8.38. The SMILES string of the molecule is COC(=O)COc1ccc(/C=N\NC(=O)c2ccc(N(C)S(C)(=O)=O)cc2)cc1. The molecule has 0 heterocycles. The highest BCUT2D eigenvalue weighted by Crippen LogP contribution is 2.16. The van der Waals surface area contributed by atoms with Gasteiger partial charge in [-0.15, -0.1) is 0 Å². The van der Waals surface area contributed by atoms with Crippen molar-refractivity contribution in [2.75, 3.05) is 31.3 Å². The van der Waals surface area contributed by atoms with E-state index in [-0.39, 0.29) is 6.61 Å². The number of hydrogen-bond donors (Lipinski definition) is 1. The fraction of sp³-hybridized carbons (Fsp3) is 0.211. The molecular formula is C19H21N3O6S. The molecule has 0 radical (unpaired) electrons. The van der Waals surface area contributed by atoms with Crippen molar-refractivity contribution in [1.29, 1.82) is 0 Å². The number of rotatable bonds is 8. The zero-order chi connectivity index (χ0) is 21.4. The summed E-state index contributed by atoms with van der Waals surface area (Å²) < 4.78 is 33.9. The van der Waals surface area contributed by atoms with Crippen LogP contribution in [0.3, 0.4) is 0 Å². The Balaban J connectivity index is 1.91. The predicted octanol–water partition coefficient (Wildman–Crippen LogP) is 1.40. The molecule has 0 atom stereocenters. The summed E-state index contributed by atoms with van der Waals surface area (Å²) in [7, 11) is -0.658. The van der Waals surface area contributed by atoms with Gasteiger partial charge in [0.05, 0.1) is 25.3 Å². The third-order valence-corrected chi connectivity index (χ3v) is 5.04. The van der Waals surface area contributed by atoms with E-state index in [1.165, 1.54) is 44.6 Å². The molecule has 2 aromatic rings. The summed E-state index contributed by atoms with van der Waals surface area (Å²) in [5, 5.41) is 3.89. The molecule has 10 heteroatoms. The fourth-order valence-electron chi connectivity index (χ4n) is 2.10. The van der Waals surface area contributed by atoms with Crippen LogP contribution in [-0.2, 0) is 19.6 Å². The van der Waals surface area contributed by atoms with Crippen molar-refractivity contribution in [2.24, 2.45) is 5.10 Å². The number of hydrazone groups is 1. The Morgan fingerprint density at radius 3 is 2.28 bits per heavy atom. The van der Waals surface area contributed by atoms with Gasteiger partial charge in [0.25, 0.3) is 5.91 Å². The van der Waals surface area contributed by atoms with E-state index < -0.39 is 21.9 Å². The lowest BCUT2D eigenvalue weighted by molar-refractivity contribution is -0.142. The van der Waals surface area contributed by atoms with Crippen LogP contribution in [0.4, 0.5) is 5.69 Å². The number of nitrogens with zero attached hydrogens (tertiary/aromatic N) is 2. The van der Waals surface area contributed by atoms with Gasteiger partial charge in [0, 0.05) is 12.6 Å². The lowest BCUT2D eigenvalue weighted by Crippen LogP contribution is -2.25. The molecular weight excluding hydrogens is 398 g/mol. The van der Waals surface area contributed by atoms with Crippen LogP contribution in [0.5, 0.6) is 5.75 Å². The first-order chi connectivity index (χ1) is 13.7. The van der Waals surface area contributed by atoms with Crippen molar-refractivity contribution in [2.45, 2.75) is 0 Å². The molecule has 154 valence electrons. The van der Waals surface area contributed by atoms with Crippen molar-refractivity contribution in [3.63, 3.8) is 0 Å². The van der Waals surface area contributed by atoms with Gasteiger partial charge in [0.2, 0.25) is 10.0 Å². The molecule has 1 amide bonds. The largest absolute Gasteiger partial charge is 0.482 e. The van der Waals surface area contributed by atoms with Crippen molar-refractivity contribution in [3.8, 4) is 5.75 Å². The van der Waals surface area contributed by atoms with Gasteiger partial charge >= 0.3 is 5.97 Å². The predicted molar refractivity (Wildman–Crippen MR) is 109 cm³/mol. The molecule has 0 fully saturated rings. The van der Waals surface area contributed by atoms with Gasteiger partial charge in [-0.3, -0.25) is 9.10 Å².